The molecule has 4 aliphatic rings. The highest BCUT2D eigenvalue weighted by atomic mass is 15.0. The van der Waals surface area contributed by atoms with Crippen LogP contribution in [0.15, 0.2) is 140 Å². The maximum absolute atomic E-state index is 2.70. The van der Waals surface area contributed by atoms with Crippen LogP contribution in [0.2, 0.25) is 0 Å². The van der Waals surface area contributed by atoms with Crippen LogP contribution in [0.5, 0.6) is 0 Å². The van der Waals surface area contributed by atoms with Gasteiger partial charge in [-0.3, -0.25) is 0 Å². The molecule has 9 aromatic rings. The second kappa shape index (κ2) is 13.7. The first kappa shape index (κ1) is 42.7. The third-order valence-electron chi connectivity index (χ3n) is 17.6. The lowest BCUT2D eigenvalue weighted by Crippen LogP contribution is -2.38. The molecule has 0 fully saturated rings. The summed E-state index contributed by atoms with van der Waals surface area (Å²) >= 11 is 0. The number of fused-ring (bicyclic) bond motifs is 15. The Bertz CT molecular complexity index is 3740. The fourth-order valence-corrected chi connectivity index (χ4v) is 13.7. The standard InChI is InChI=1S/C67H63BN/c1-37(38-26-28-39(29-27-38)63(2,3)4)44-34-52-45(41-20-14-17-23-49(41)65(52,8)9)33-47(44)58-57-43-22-16-19-25-51(43)67(12,13)60(57)59-48-32-40(64(5,6)7)30-31-55(48)69-56-36-53-46(35-54(56)68-61(58)62(59)69)42-21-15-18-24-50(42)66(53,10)11/h14-37H,1-13H3. The molecule has 339 valence electrons. The van der Waals surface area contributed by atoms with E-state index in [0.29, 0.717) is 0 Å². The van der Waals surface area contributed by atoms with Gasteiger partial charge in [0.1, 0.15) is 0 Å². The van der Waals surface area contributed by atoms with E-state index in [0.717, 1.165) is 0 Å². The summed E-state index contributed by atoms with van der Waals surface area (Å²) in [5.74, 6) is 0.125. The van der Waals surface area contributed by atoms with Crippen LogP contribution in [0.3, 0.4) is 0 Å². The van der Waals surface area contributed by atoms with Crippen LogP contribution < -0.4 is 10.9 Å². The van der Waals surface area contributed by atoms with Gasteiger partial charge in [0.15, 0.2) is 7.28 Å². The largest absolute Gasteiger partial charge is 0.310 e. The summed E-state index contributed by atoms with van der Waals surface area (Å²) in [6.07, 6.45) is 0. The fourth-order valence-electron chi connectivity index (χ4n) is 13.7. The minimum absolute atomic E-state index is 0.0154. The minimum Gasteiger partial charge on any atom is -0.310 e. The predicted molar refractivity (Wildman–Crippen MR) is 295 cm³/mol. The second-order valence-electron chi connectivity index (χ2n) is 24.8. The molecule has 13 rings (SSSR count). The summed E-state index contributed by atoms with van der Waals surface area (Å²) in [5, 5.41) is 2.75. The smallest absolute Gasteiger partial charge is 0.197 e. The van der Waals surface area contributed by atoms with Crippen molar-refractivity contribution in [3.63, 3.8) is 0 Å². The van der Waals surface area contributed by atoms with Crippen LogP contribution in [0, 0.1) is 0 Å². The van der Waals surface area contributed by atoms with Gasteiger partial charge in [-0.25, -0.2) is 0 Å². The van der Waals surface area contributed by atoms with E-state index < -0.39 is 0 Å². The first-order chi connectivity index (χ1) is 32.7. The van der Waals surface area contributed by atoms with E-state index in [1.165, 1.54) is 139 Å². The first-order valence-corrected chi connectivity index (χ1v) is 25.5. The molecule has 8 aromatic carbocycles. The van der Waals surface area contributed by atoms with Crippen LogP contribution in [0.4, 0.5) is 0 Å². The number of hydrogen-bond acceptors (Lipinski definition) is 0. The molecule has 1 aliphatic heterocycles. The first-order valence-electron chi connectivity index (χ1n) is 25.5. The van der Waals surface area contributed by atoms with E-state index in [4.69, 9.17) is 0 Å². The zero-order chi connectivity index (χ0) is 48.1. The minimum atomic E-state index is -0.266. The molecule has 0 amide bonds. The van der Waals surface area contributed by atoms with E-state index >= 15 is 0 Å². The van der Waals surface area contributed by atoms with Gasteiger partial charge in [-0.05, 0) is 141 Å². The molecule has 1 atom stereocenters. The monoisotopic (exact) mass is 893 g/mol. The average molecular weight is 893 g/mol. The molecule has 0 saturated heterocycles. The van der Waals surface area contributed by atoms with Crippen LogP contribution in [-0.4, -0.2) is 11.8 Å². The molecule has 69 heavy (non-hydrogen) atoms. The molecule has 0 saturated carbocycles. The average Bonchev–Trinajstić information content (AvgIpc) is 3.94. The van der Waals surface area contributed by atoms with E-state index in [-0.39, 0.29) is 33.0 Å². The van der Waals surface area contributed by atoms with Crippen molar-refractivity contribution in [3.8, 4) is 50.2 Å². The van der Waals surface area contributed by atoms with E-state index in [1.54, 1.807) is 0 Å². The third-order valence-corrected chi connectivity index (χ3v) is 17.6. The molecule has 1 unspecified atom stereocenters. The van der Waals surface area contributed by atoms with Crippen molar-refractivity contribution < 1.29 is 0 Å². The Morgan fingerprint density at radius 3 is 1.62 bits per heavy atom. The van der Waals surface area contributed by atoms with Gasteiger partial charge < -0.3 is 4.57 Å². The van der Waals surface area contributed by atoms with Gasteiger partial charge in [0.25, 0.3) is 0 Å². The lowest BCUT2D eigenvalue weighted by Gasteiger charge is -2.31. The Labute approximate surface area is 410 Å². The zero-order valence-corrected chi connectivity index (χ0v) is 42.9. The molecule has 0 bridgehead atoms. The number of benzene rings is 8. The second-order valence-corrected chi connectivity index (χ2v) is 24.8. The number of aromatic nitrogens is 1. The van der Waals surface area contributed by atoms with Crippen molar-refractivity contribution in [2.45, 2.75) is 123 Å². The number of hydrogen-bond donors (Lipinski definition) is 0. The molecule has 3 aliphatic carbocycles. The summed E-state index contributed by atoms with van der Waals surface area (Å²) in [5.41, 5.74) is 30.9. The lowest BCUT2D eigenvalue weighted by molar-refractivity contribution is 0.589. The molecule has 0 spiro atoms. The van der Waals surface area contributed by atoms with Crippen LogP contribution >= 0.6 is 0 Å². The van der Waals surface area contributed by atoms with Crippen molar-refractivity contribution in [2.75, 3.05) is 0 Å². The summed E-state index contributed by atoms with van der Waals surface area (Å²) in [6.45, 7) is 31.2. The quantitative estimate of drug-likeness (QED) is 0.156. The van der Waals surface area contributed by atoms with Crippen LogP contribution in [-0.2, 0) is 27.1 Å². The normalized spacial score (nSPS) is 16.6. The van der Waals surface area contributed by atoms with Crippen molar-refractivity contribution in [3.05, 3.63) is 195 Å². The van der Waals surface area contributed by atoms with Crippen molar-refractivity contribution in [1.82, 2.24) is 4.57 Å². The van der Waals surface area contributed by atoms with Gasteiger partial charge in [-0.1, -0.05) is 211 Å². The Kier molecular flexibility index (Phi) is 8.47. The highest BCUT2D eigenvalue weighted by Gasteiger charge is 2.45. The van der Waals surface area contributed by atoms with Gasteiger partial charge in [0.05, 0.1) is 5.52 Å². The maximum atomic E-state index is 2.70. The predicted octanol–water partition coefficient (Wildman–Crippen LogP) is 16.1. The maximum Gasteiger partial charge on any atom is 0.197 e. The lowest BCUT2D eigenvalue weighted by atomic mass is 9.57. The summed E-state index contributed by atoms with van der Waals surface area (Å²) < 4.78 is 2.70. The van der Waals surface area contributed by atoms with Crippen LogP contribution in [0.25, 0.3) is 72.0 Å². The van der Waals surface area contributed by atoms with Crippen LogP contribution in [0.1, 0.15) is 152 Å². The zero-order valence-electron chi connectivity index (χ0n) is 42.9. The Hall–Kier alpha value is -6.38. The van der Waals surface area contributed by atoms with E-state index in [2.05, 4.69) is 241 Å². The molecule has 2 heterocycles. The number of rotatable bonds is 3. The third kappa shape index (κ3) is 5.61. The molecule has 2 heteroatoms. The van der Waals surface area contributed by atoms with Crippen molar-refractivity contribution >= 4 is 40.0 Å². The fraction of sp³-hybridized carbons (Fsp3) is 0.284. The highest BCUT2D eigenvalue weighted by Crippen LogP contribution is 2.59. The molecule has 1 nitrogen and oxygen atoms in total. The Balaban J connectivity index is 1.22. The Morgan fingerprint density at radius 1 is 0.478 bits per heavy atom. The topological polar surface area (TPSA) is 4.93 Å². The summed E-state index contributed by atoms with van der Waals surface area (Å²) in [7, 11) is 2.61. The molecule has 1 radical (unpaired) electrons. The highest BCUT2D eigenvalue weighted by molar-refractivity contribution is 6.74. The van der Waals surface area contributed by atoms with Gasteiger partial charge in [0, 0.05) is 44.1 Å². The van der Waals surface area contributed by atoms with E-state index in [9.17, 15) is 0 Å². The molecular weight excluding hydrogens is 830 g/mol. The van der Waals surface area contributed by atoms with Crippen molar-refractivity contribution in [1.29, 1.82) is 0 Å². The van der Waals surface area contributed by atoms with Gasteiger partial charge in [-0.2, -0.15) is 0 Å². The molecule has 1 aromatic heterocycles. The van der Waals surface area contributed by atoms with Crippen molar-refractivity contribution in [2.24, 2.45) is 0 Å². The Morgan fingerprint density at radius 2 is 1.01 bits per heavy atom. The number of nitrogens with zero attached hydrogens (tertiary/aromatic N) is 1. The van der Waals surface area contributed by atoms with Gasteiger partial charge in [-0.15, -0.1) is 0 Å². The SMILES string of the molecule is CC(c1ccc(C(C)(C)C)cc1)c1cc2c(cc1-c1c3c(c4c5cc(C(C)(C)C)ccc5n5c4c1[B]c1cc4c(cc1-5)C(C)(C)c1ccccc1-4)C(C)(C)c1ccccc1-3)-c1ccccc1C2(C)C. The van der Waals surface area contributed by atoms with Gasteiger partial charge >= 0.3 is 0 Å². The summed E-state index contributed by atoms with van der Waals surface area (Å²) in [6, 6.07) is 55.0. The molecule has 0 N–H and O–H groups in total. The molecular formula is C67H63BN. The summed E-state index contributed by atoms with van der Waals surface area (Å²) in [4.78, 5) is 0. The van der Waals surface area contributed by atoms with Gasteiger partial charge in [0.2, 0.25) is 0 Å². The van der Waals surface area contributed by atoms with E-state index in [1.807, 2.05) is 0 Å².